The Kier molecular flexibility index (Phi) is 4.18. The largest absolute Gasteiger partial charge is 0.315 e. The third-order valence-electron chi connectivity index (χ3n) is 3.65. The molecule has 1 atom stereocenters. The van der Waals surface area contributed by atoms with Crippen molar-refractivity contribution in [2.75, 3.05) is 13.1 Å². The lowest BCUT2D eigenvalue weighted by Crippen LogP contribution is -2.30. The van der Waals surface area contributed by atoms with Crippen LogP contribution >= 0.6 is 23.9 Å². The van der Waals surface area contributed by atoms with Gasteiger partial charge in [-0.2, -0.15) is 4.37 Å². The number of aryl methyl sites for hydroxylation is 1. The van der Waals surface area contributed by atoms with Crippen molar-refractivity contribution in [2.45, 2.75) is 18.8 Å². The molecule has 2 heterocycles. The maximum absolute atomic E-state index is 13.8. The summed E-state index contributed by atoms with van der Waals surface area (Å²) in [6.07, 6.45) is 2.51. The van der Waals surface area contributed by atoms with E-state index in [0.717, 1.165) is 30.1 Å². The molecule has 6 heteroatoms. The van der Waals surface area contributed by atoms with Crippen LogP contribution in [0.4, 0.5) is 4.39 Å². The number of halogens is 2. The molecule has 0 bridgehead atoms. The fraction of sp³-hybridized carbons (Fsp3) is 0.385. The summed E-state index contributed by atoms with van der Waals surface area (Å²) in [4.78, 5) is 4.34. The molecule has 1 aliphatic rings. The van der Waals surface area contributed by atoms with Gasteiger partial charge >= 0.3 is 0 Å². The Balaban J connectivity index is 0.00000133. The van der Waals surface area contributed by atoms with Crippen molar-refractivity contribution < 1.29 is 4.39 Å². The summed E-state index contributed by atoms with van der Waals surface area (Å²) >= 11 is 1.40. The Morgan fingerprint density at radius 3 is 2.84 bits per heavy atom. The third-order valence-corrected chi connectivity index (χ3v) is 4.52. The molecule has 0 amide bonds. The van der Waals surface area contributed by atoms with Crippen molar-refractivity contribution in [1.82, 2.24) is 14.7 Å². The van der Waals surface area contributed by atoms with E-state index < -0.39 is 0 Å². The first-order valence-corrected chi connectivity index (χ1v) is 6.74. The Labute approximate surface area is 121 Å². The minimum atomic E-state index is -0.213. The summed E-state index contributed by atoms with van der Waals surface area (Å²) in [6.45, 7) is 3.50. The number of aromatic nitrogens is 2. The molecule has 1 aliphatic heterocycles. The Morgan fingerprint density at radius 1 is 1.42 bits per heavy atom. The zero-order chi connectivity index (χ0) is 12.6. The number of nitrogens with zero attached hydrogens (tertiary/aromatic N) is 2. The molecule has 1 aromatic carbocycles. The molecule has 3 nitrogen and oxygen atoms in total. The van der Waals surface area contributed by atoms with Gasteiger partial charge in [0.25, 0.3) is 0 Å². The second kappa shape index (κ2) is 5.53. The van der Waals surface area contributed by atoms with Gasteiger partial charge in [-0.15, -0.1) is 12.4 Å². The summed E-state index contributed by atoms with van der Waals surface area (Å²) in [5, 5.41) is 4.32. The fourth-order valence-electron chi connectivity index (χ4n) is 2.52. The lowest BCUT2D eigenvalue weighted by atomic mass is 9.80. The highest BCUT2D eigenvalue weighted by atomic mass is 35.5. The van der Waals surface area contributed by atoms with E-state index in [1.807, 2.05) is 12.1 Å². The molecule has 102 valence electrons. The van der Waals surface area contributed by atoms with Gasteiger partial charge in [-0.3, -0.25) is 0 Å². The minimum absolute atomic E-state index is 0. The molecule has 0 unspecified atom stereocenters. The van der Waals surface area contributed by atoms with E-state index >= 15 is 0 Å². The van der Waals surface area contributed by atoms with Crippen LogP contribution < -0.4 is 5.32 Å². The van der Waals surface area contributed by atoms with E-state index in [0.29, 0.717) is 5.56 Å². The van der Waals surface area contributed by atoms with Crippen molar-refractivity contribution in [3.05, 3.63) is 46.5 Å². The summed E-state index contributed by atoms with van der Waals surface area (Å²) in [7, 11) is 0. The van der Waals surface area contributed by atoms with E-state index in [-0.39, 0.29) is 23.6 Å². The van der Waals surface area contributed by atoms with E-state index in [1.165, 1.54) is 11.5 Å². The van der Waals surface area contributed by atoms with Crippen LogP contribution in [0.1, 0.15) is 22.6 Å². The van der Waals surface area contributed by atoms with Gasteiger partial charge in [0.15, 0.2) is 0 Å². The van der Waals surface area contributed by atoms with Crippen LogP contribution in [0.3, 0.4) is 0 Å². The Morgan fingerprint density at radius 2 is 2.26 bits per heavy atom. The second-order valence-corrected chi connectivity index (χ2v) is 5.50. The lowest BCUT2D eigenvalue weighted by molar-refractivity contribution is 0.552. The molecule has 0 radical (unpaired) electrons. The SMILES string of the molecule is Cc1ccc([C@]2(c3ncns3)CCNC2)cc1F.Cl. The van der Waals surface area contributed by atoms with Crippen LogP contribution in [0.2, 0.25) is 0 Å². The molecule has 1 aromatic heterocycles. The number of rotatable bonds is 2. The van der Waals surface area contributed by atoms with Crippen LogP contribution in [0.25, 0.3) is 0 Å². The zero-order valence-corrected chi connectivity index (χ0v) is 12.2. The van der Waals surface area contributed by atoms with E-state index in [4.69, 9.17) is 0 Å². The first-order valence-electron chi connectivity index (χ1n) is 5.97. The molecular formula is C13H15ClFN3S. The average molecular weight is 300 g/mol. The molecule has 2 aromatic rings. The van der Waals surface area contributed by atoms with Gasteiger partial charge in [0, 0.05) is 6.54 Å². The minimum Gasteiger partial charge on any atom is -0.315 e. The standard InChI is InChI=1S/C13H14FN3S.ClH/c1-9-2-3-10(6-11(9)14)13(4-5-15-7-13)12-16-8-17-18-12;/h2-3,6,8,15H,4-5,7H2,1H3;1H/t13-;/m0./s1. The molecule has 19 heavy (non-hydrogen) atoms. The summed E-state index contributed by atoms with van der Waals surface area (Å²) in [6, 6.07) is 5.49. The molecule has 1 fully saturated rings. The van der Waals surface area contributed by atoms with Gasteiger partial charge < -0.3 is 5.32 Å². The maximum atomic E-state index is 13.8. The van der Waals surface area contributed by atoms with Gasteiger partial charge in [-0.05, 0) is 48.6 Å². The summed E-state index contributed by atoms with van der Waals surface area (Å²) in [5.41, 5.74) is 1.46. The molecule has 1 saturated heterocycles. The topological polar surface area (TPSA) is 37.8 Å². The van der Waals surface area contributed by atoms with E-state index in [9.17, 15) is 4.39 Å². The molecule has 0 aliphatic carbocycles. The normalized spacial score (nSPS) is 22.2. The zero-order valence-electron chi connectivity index (χ0n) is 10.5. The molecular weight excluding hydrogens is 285 g/mol. The maximum Gasteiger partial charge on any atom is 0.129 e. The second-order valence-electron chi connectivity index (χ2n) is 4.72. The average Bonchev–Trinajstić information content (AvgIpc) is 3.01. The van der Waals surface area contributed by atoms with Gasteiger partial charge in [0.05, 0.1) is 5.41 Å². The molecule has 0 spiro atoms. The Hall–Kier alpha value is -1.04. The van der Waals surface area contributed by atoms with Crippen LogP contribution in [-0.4, -0.2) is 22.4 Å². The predicted octanol–water partition coefficient (Wildman–Crippen LogP) is 2.69. The van der Waals surface area contributed by atoms with Gasteiger partial charge in [-0.25, -0.2) is 9.37 Å². The van der Waals surface area contributed by atoms with Crippen molar-refractivity contribution >= 4 is 23.9 Å². The summed E-state index contributed by atoms with van der Waals surface area (Å²) in [5.74, 6) is -0.150. The van der Waals surface area contributed by atoms with E-state index in [2.05, 4.69) is 14.7 Å². The molecule has 0 saturated carbocycles. The first kappa shape index (κ1) is 14.4. The number of benzene rings is 1. The van der Waals surface area contributed by atoms with Gasteiger partial charge in [-0.1, -0.05) is 12.1 Å². The van der Waals surface area contributed by atoms with Crippen molar-refractivity contribution in [3.8, 4) is 0 Å². The molecule has 1 N–H and O–H groups in total. The van der Waals surface area contributed by atoms with E-state index in [1.54, 1.807) is 19.3 Å². The number of nitrogens with one attached hydrogen (secondary N) is 1. The number of hydrogen-bond donors (Lipinski definition) is 1. The highest BCUT2D eigenvalue weighted by Crippen LogP contribution is 2.38. The van der Waals surface area contributed by atoms with Crippen molar-refractivity contribution in [1.29, 1.82) is 0 Å². The van der Waals surface area contributed by atoms with Gasteiger partial charge in [0.2, 0.25) is 0 Å². The smallest absolute Gasteiger partial charge is 0.129 e. The summed E-state index contributed by atoms with van der Waals surface area (Å²) < 4.78 is 17.9. The highest BCUT2D eigenvalue weighted by molar-refractivity contribution is 7.05. The predicted molar refractivity (Wildman–Crippen MR) is 76.6 cm³/mol. The number of hydrogen-bond acceptors (Lipinski definition) is 4. The first-order chi connectivity index (χ1) is 8.72. The molecule has 3 rings (SSSR count). The van der Waals surface area contributed by atoms with Crippen molar-refractivity contribution in [2.24, 2.45) is 0 Å². The highest BCUT2D eigenvalue weighted by Gasteiger charge is 2.40. The van der Waals surface area contributed by atoms with Crippen LogP contribution in [-0.2, 0) is 5.41 Å². The van der Waals surface area contributed by atoms with Crippen LogP contribution in [0, 0.1) is 12.7 Å². The third kappa shape index (κ3) is 2.38. The Bertz CT molecular complexity index is 553. The van der Waals surface area contributed by atoms with Gasteiger partial charge in [0.1, 0.15) is 17.2 Å². The lowest BCUT2D eigenvalue weighted by Gasteiger charge is -2.26. The van der Waals surface area contributed by atoms with Crippen LogP contribution in [0.15, 0.2) is 24.5 Å². The monoisotopic (exact) mass is 299 g/mol. The van der Waals surface area contributed by atoms with Crippen molar-refractivity contribution in [3.63, 3.8) is 0 Å². The fourth-order valence-corrected chi connectivity index (χ4v) is 3.27. The van der Waals surface area contributed by atoms with Crippen LogP contribution in [0.5, 0.6) is 0 Å². The quantitative estimate of drug-likeness (QED) is 0.926.